The fraction of sp³-hybridized carbons (Fsp3) is 0.350. The molecule has 0 radical (unpaired) electrons. The van der Waals surface area contributed by atoms with E-state index in [-0.39, 0.29) is 28.9 Å². The van der Waals surface area contributed by atoms with Gasteiger partial charge in [0.05, 0.1) is 18.0 Å². The molecule has 0 amide bonds. The van der Waals surface area contributed by atoms with Gasteiger partial charge in [-0.1, -0.05) is 24.3 Å². The van der Waals surface area contributed by atoms with Gasteiger partial charge in [-0.3, -0.25) is 0 Å². The zero-order valence-corrected chi connectivity index (χ0v) is 20.1. The first-order valence-electron chi connectivity index (χ1n) is 9.16. The minimum absolute atomic E-state index is 0. The topological polar surface area (TPSA) is 97.0 Å². The van der Waals surface area contributed by atoms with Crippen LogP contribution >= 0.6 is 24.0 Å². The quantitative estimate of drug-likeness (QED) is 0.310. The summed E-state index contributed by atoms with van der Waals surface area (Å²) in [6, 6.07) is 14.5. The number of primary sulfonamides is 1. The Morgan fingerprint density at radius 3 is 2.41 bits per heavy atom. The van der Waals surface area contributed by atoms with Crippen LogP contribution in [-0.2, 0) is 23.1 Å². The third-order valence-corrected chi connectivity index (χ3v) is 4.90. The van der Waals surface area contributed by atoms with E-state index in [1.165, 1.54) is 6.07 Å². The van der Waals surface area contributed by atoms with Crippen molar-refractivity contribution < 1.29 is 13.2 Å². The van der Waals surface area contributed by atoms with E-state index >= 15 is 0 Å². The van der Waals surface area contributed by atoms with E-state index in [9.17, 15) is 8.42 Å². The Morgan fingerprint density at radius 2 is 1.83 bits per heavy atom. The molecule has 29 heavy (non-hydrogen) atoms. The molecule has 0 fully saturated rings. The number of nitrogens with two attached hydrogens (primary N) is 1. The van der Waals surface area contributed by atoms with Crippen LogP contribution in [0.2, 0.25) is 0 Å². The molecule has 160 valence electrons. The highest BCUT2D eigenvalue weighted by Crippen LogP contribution is 2.14. The number of rotatable bonds is 8. The Morgan fingerprint density at radius 1 is 1.14 bits per heavy atom. The summed E-state index contributed by atoms with van der Waals surface area (Å²) in [6.07, 6.45) is 0. The highest BCUT2D eigenvalue weighted by molar-refractivity contribution is 14.0. The van der Waals surface area contributed by atoms with Crippen LogP contribution in [0.25, 0.3) is 0 Å². The molecule has 0 atom stereocenters. The van der Waals surface area contributed by atoms with Gasteiger partial charge >= 0.3 is 0 Å². The lowest BCUT2D eigenvalue weighted by Crippen LogP contribution is -2.38. The summed E-state index contributed by atoms with van der Waals surface area (Å²) in [5, 5.41) is 8.46. The van der Waals surface area contributed by atoms with Crippen LogP contribution in [-0.4, -0.2) is 39.5 Å². The third-order valence-electron chi connectivity index (χ3n) is 3.99. The second-order valence-electron chi connectivity index (χ2n) is 6.30. The Bertz CT molecular complexity index is 902. The maximum absolute atomic E-state index is 11.5. The average Bonchev–Trinajstić information content (AvgIpc) is 2.66. The summed E-state index contributed by atoms with van der Waals surface area (Å²) in [4.78, 5) is 6.73. The molecular weight excluding hydrogens is 503 g/mol. The first-order chi connectivity index (χ1) is 13.3. The molecule has 0 heterocycles. The first kappa shape index (κ1) is 25.2. The van der Waals surface area contributed by atoms with E-state index in [1.807, 2.05) is 56.1 Å². The first-order valence-corrected chi connectivity index (χ1v) is 10.7. The van der Waals surface area contributed by atoms with Crippen molar-refractivity contribution in [2.75, 3.05) is 20.2 Å². The molecule has 2 aromatic rings. The van der Waals surface area contributed by atoms with E-state index in [0.29, 0.717) is 19.7 Å². The molecule has 7 nitrogen and oxygen atoms in total. The number of nitrogens with one attached hydrogen (secondary N) is 1. The lowest BCUT2D eigenvalue weighted by Gasteiger charge is -2.22. The van der Waals surface area contributed by atoms with Gasteiger partial charge in [0.25, 0.3) is 0 Å². The molecule has 2 rings (SSSR count). The summed E-state index contributed by atoms with van der Waals surface area (Å²) in [5.41, 5.74) is 1.91. The fourth-order valence-corrected chi connectivity index (χ4v) is 3.25. The lowest BCUT2D eigenvalue weighted by molar-refractivity contribution is 0.340. The number of nitrogens with zero attached hydrogens (tertiary/aromatic N) is 2. The zero-order chi connectivity index (χ0) is 20.6. The predicted octanol–water partition coefficient (Wildman–Crippen LogP) is 2.95. The van der Waals surface area contributed by atoms with Crippen LogP contribution in [0.1, 0.15) is 25.0 Å². The van der Waals surface area contributed by atoms with Gasteiger partial charge in [-0.25, -0.2) is 18.5 Å². The Labute approximate surface area is 190 Å². The third kappa shape index (κ3) is 8.19. The summed E-state index contributed by atoms with van der Waals surface area (Å²) in [5.74, 6) is 1.58. The highest BCUT2D eigenvalue weighted by Gasteiger charge is 2.09. The van der Waals surface area contributed by atoms with Crippen LogP contribution in [0.4, 0.5) is 0 Å². The van der Waals surface area contributed by atoms with Crippen molar-refractivity contribution in [1.82, 2.24) is 10.2 Å². The average molecular weight is 532 g/mol. The molecule has 0 unspecified atom stereocenters. The second kappa shape index (κ2) is 12.0. The van der Waals surface area contributed by atoms with Crippen molar-refractivity contribution in [1.29, 1.82) is 0 Å². The molecule has 0 aliphatic heterocycles. The van der Waals surface area contributed by atoms with Gasteiger partial charge in [0.2, 0.25) is 10.0 Å². The smallest absolute Gasteiger partial charge is 0.238 e. The minimum Gasteiger partial charge on any atom is -0.494 e. The number of hydrogen-bond acceptors (Lipinski definition) is 4. The molecule has 0 bridgehead atoms. The van der Waals surface area contributed by atoms with Crippen molar-refractivity contribution >= 4 is 40.0 Å². The van der Waals surface area contributed by atoms with E-state index in [0.717, 1.165) is 29.4 Å². The number of benzene rings is 2. The van der Waals surface area contributed by atoms with Crippen LogP contribution in [0, 0.1) is 0 Å². The summed E-state index contributed by atoms with van der Waals surface area (Å²) < 4.78 is 28.5. The lowest BCUT2D eigenvalue weighted by atomic mass is 10.2. The fourth-order valence-electron chi connectivity index (χ4n) is 2.66. The van der Waals surface area contributed by atoms with Gasteiger partial charge in [-0.05, 0) is 49.2 Å². The van der Waals surface area contributed by atoms with Gasteiger partial charge < -0.3 is 15.0 Å². The van der Waals surface area contributed by atoms with E-state index in [1.54, 1.807) is 12.1 Å². The maximum Gasteiger partial charge on any atom is 0.238 e. The van der Waals surface area contributed by atoms with Crippen molar-refractivity contribution in [2.45, 2.75) is 31.8 Å². The number of halogens is 1. The normalized spacial score (nSPS) is 11.5. The van der Waals surface area contributed by atoms with Crippen LogP contribution in [0.5, 0.6) is 5.75 Å². The highest BCUT2D eigenvalue weighted by atomic mass is 127. The Hall–Kier alpha value is -1.85. The van der Waals surface area contributed by atoms with Gasteiger partial charge in [0.15, 0.2) is 5.96 Å². The molecule has 0 aliphatic carbocycles. The molecule has 2 aromatic carbocycles. The van der Waals surface area contributed by atoms with E-state index in [2.05, 4.69) is 10.3 Å². The molecule has 0 saturated heterocycles. The SMILES string of the molecule is CCNC(=NCc1cccc(S(N)(=O)=O)c1)N(C)Cc1ccc(OCC)cc1.I. The van der Waals surface area contributed by atoms with E-state index in [4.69, 9.17) is 9.88 Å². The van der Waals surface area contributed by atoms with Crippen molar-refractivity contribution in [3.05, 3.63) is 59.7 Å². The number of aliphatic imine (C=N–C) groups is 1. The van der Waals surface area contributed by atoms with Crippen LogP contribution < -0.4 is 15.2 Å². The number of sulfonamides is 1. The molecule has 0 saturated carbocycles. The largest absolute Gasteiger partial charge is 0.494 e. The predicted molar refractivity (Wildman–Crippen MR) is 127 cm³/mol. The minimum atomic E-state index is -3.72. The summed E-state index contributed by atoms with van der Waals surface area (Å²) >= 11 is 0. The van der Waals surface area contributed by atoms with E-state index < -0.39 is 10.0 Å². The van der Waals surface area contributed by atoms with Gasteiger partial charge in [0, 0.05) is 20.1 Å². The van der Waals surface area contributed by atoms with Gasteiger partial charge in [0.1, 0.15) is 5.75 Å². The van der Waals surface area contributed by atoms with Crippen molar-refractivity contribution in [2.24, 2.45) is 10.1 Å². The van der Waals surface area contributed by atoms with Crippen molar-refractivity contribution in [3.63, 3.8) is 0 Å². The number of ether oxygens (including phenoxy) is 1. The molecule has 0 aromatic heterocycles. The maximum atomic E-state index is 11.5. The monoisotopic (exact) mass is 532 g/mol. The van der Waals surface area contributed by atoms with Gasteiger partial charge in [-0.2, -0.15) is 0 Å². The second-order valence-corrected chi connectivity index (χ2v) is 7.86. The molecule has 9 heteroatoms. The van der Waals surface area contributed by atoms with Crippen LogP contribution in [0.15, 0.2) is 58.4 Å². The molecule has 0 spiro atoms. The Balaban J connectivity index is 0.00000420. The standard InChI is InChI=1S/C20H28N4O3S.HI/c1-4-22-20(23-14-17-7-6-8-19(13-17)28(21,25)26)24(3)15-16-9-11-18(12-10-16)27-5-2;/h6-13H,4-5,14-15H2,1-3H3,(H,22,23)(H2,21,25,26);1H. The summed E-state index contributed by atoms with van der Waals surface area (Å²) in [6.45, 7) is 6.35. The molecular formula is C20H29IN4O3S. The zero-order valence-electron chi connectivity index (χ0n) is 17.0. The molecule has 0 aliphatic rings. The number of hydrogen-bond donors (Lipinski definition) is 2. The van der Waals surface area contributed by atoms with Gasteiger partial charge in [-0.15, -0.1) is 24.0 Å². The van der Waals surface area contributed by atoms with Crippen molar-refractivity contribution in [3.8, 4) is 5.75 Å². The van der Waals surface area contributed by atoms with Crippen LogP contribution in [0.3, 0.4) is 0 Å². The summed E-state index contributed by atoms with van der Waals surface area (Å²) in [7, 11) is -1.77. The Kier molecular flexibility index (Phi) is 10.4. The number of guanidine groups is 1. The molecule has 3 N–H and O–H groups in total.